The monoisotopic (exact) mass is 553 g/mol. The van der Waals surface area contributed by atoms with Crippen molar-refractivity contribution >= 4 is 28.9 Å². The van der Waals surface area contributed by atoms with Gasteiger partial charge in [-0.25, -0.2) is 0 Å². The molecule has 1 saturated carbocycles. The fourth-order valence-corrected chi connectivity index (χ4v) is 6.64. The smallest absolute Gasteiger partial charge is 0.255 e. The summed E-state index contributed by atoms with van der Waals surface area (Å²) in [4.78, 5) is 42.8. The molecule has 0 unspecified atom stereocenters. The van der Waals surface area contributed by atoms with Gasteiger partial charge in [0.1, 0.15) is 22.8 Å². The van der Waals surface area contributed by atoms with Gasteiger partial charge in [-0.1, -0.05) is 11.6 Å². The van der Waals surface area contributed by atoms with Crippen LogP contribution in [0.3, 0.4) is 0 Å². The van der Waals surface area contributed by atoms with Crippen molar-refractivity contribution in [3.63, 3.8) is 0 Å². The highest BCUT2D eigenvalue weighted by atomic mass is 16.3. The maximum atomic E-state index is 14.0. The molecule has 6 N–H and O–H groups in total. The Morgan fingerprint density at radius 1 is 1.18 bits per heavy atom. The molecule has 0 spiro atoms. The van der Waals surface area contributed by atoms with Gasteiger partial charge in [0.2, 0.25) is 5.78 Å². The summed E-state index contributed by atoms with van der Waals surface area (Å²) in [5.74, 6) is -6.43. The molecule has 10 heteroatoms. The minimum absolute atomic E-state index is 0.0593. The van der Waals surface area contributed by atoms with E-state index in [-0.39, 0.29) is 29.7 Å². The minimum atomic E-state index is -2.65. The number of ketones is 2. The third-order valence-electron chi connectivity index (χ3n) is 8.77. The second-order valence-electron chi connectivity index (χ2n) is 11.6. The molecular formula is C30H39N3O7. The van der Waals surface area contributed by atoms with Crippen molar-refractivity contribution in [3.8, 4) is 5.75 Å². The molecule has 10 nitrogen and oxygen atoms in total. The SMILES string of the molecule is C/C=C(/C)CCCc1cc(N(C)C)c2c(c1O)C(O)=C1C(=O)[C@]3(O)C(O)=C(C(N)=O)C(=O)[C@@H](N(C)C)[C@@H]3C[C@@H]1C2. The van der Waals surface area contributed by atoms with Gasteiger partial charge in [-0.3, -0.25) is 19.3 Å². The Morgan fingerprint density at radius 3 is 2.38 bits per heavy atom. The van der Waals surface area contributed by atoms with E-state index < -0.39 is 58.0 Å². The summed E-state index contributed by atoms with van der Waals surface area (Å²) in [5, 5.41) is 45.7. The molecule has 0 radical (unpaired) electrons. The van der Waals surface area contributed by atoms with Crippen LogP contribution in [0.2, 0.25) is 0 Å². The first kappa shape index (κ1) is 29.4. The lowest BCUT2D eigenvalue weighted by Gasteiger charge is -2.50. The first-order valence-electron chi connectivity index (χ1n) is 13.5. The third-order valence-corrected chi connectivity index (χ3v) is 8.77. The Morgan fingerprint density at radius 2 is 1.82 bits per heavy atom. The van der Waals surface area contributed by atoms with E-state index in [1.807, 2.05) is 45.0 Å². The molecular weight excluding hydrogens is 514 g/mol. The fourth-order valence-electron chi connectivity index (χ4n) is 6.64. The number of benzene rings is 1. The number of carbonyl (C=O) groups excluding carboxylic acids is 3. The van der Waals surface area contributed by atoms with Crippen LogP contribution in [-0.2, 0) is 27.2 Å². The number of aryl methyl sites for hydroxylation is 1. The van der Waals surface area contributed by atoms with Crippen LogP contribution in [-0.4, -0.2) is 82.6 Å². The zero-order chi connectivity index (χ0) is 29.8. The molecule has 1 amide bonds. The first-order chi connectivity index (χ1) is 18.7. The number of phenols is 1. The van der Waals surface area contributed by atoms with E-state index in [1.165, 1.54) is 10.5 Å². The lowest BCUT2D eigenvalue weighted by atomic mass is 9.57. The number of aromatic hydroxyl groups is 1. The number of aliphatic hydroxyl groups is 3. The summed E-state index contributed by atoms with van der Waals surface area (Å²) < 4.78 is 0. The molecule has 4 rings (SSSR count). The number of primary amides is 1. The van der Waals surface area contributed by atoms with E-state index in [2.05, 4.69) is 0 Å². The van der Waals surface area contributed by atoms with E-state index in [0.717, 1.165) is 18.5 Å². The standard InChI is InChI=1S/C30H39N3O7/c1-7-14(2)9-8-10-15-13-19(32(3)4)17-11-16-12-18-23(33(5)6)26(36)22(29(31)39)28(38)30(18,40)27(37)20(16)25(35)21(17)24(15)34/h7,13,16,18,23,34-35,38,40H,8-12H2,1-6H3,(H2,31,39)/b14-7-/t16-,18-,23-,30-/m0/s1. The van der Waals surface area contributed by atoms with E-state index >= 15 is 0 Å². The van der Waals surface area contributed by atoms with Gasteiger partial charge < -0.3 is 31.1 Å². The van der Waals surface area contributed by atoms with Gasteiger partial charge >= 0.3 is 0 Å². The number of nitrogens with zero attached hydrogens (tertiary/aromatic N) is 2. The molecule has 0 aliphatic heterocycles. The summed E-state index contributed by atoms with van der Waals surface area (Å²) in [6.45, 7) is 4.01. The van der Waals surface area contributed by atoms with Crippen molar-refractivity contribution in [3.05, 3.63) is 51.3 Å². The topological polar surface area (TPSA) is 165 Å². The van der Waals surface area contributed by atoms with Gasteiger partial charge in [0.15, 0.2) is 11.4 Å². The number of nitrogens with two attached hydrogens (primary N) is 1. The molecule has 3 aliphatic rings. The van der Waals surface area contributed by atoms with Crippen molar-refractivity contribution in [1.29, 1.82) is 0 Å². The van der Waals surface area contributed by atoms with Crippen molar-refractivity contribution in [1.82, 2.24) is 4.90 Å². The van der Waals surface area contributed by atoms with Crippen LogP contribution in [0.25, 0.3) is 5.76 Å². The Bertz CT molecular complexity index is 1390. The molecule has 3 aliphatic carbocycles. The molecule has 0 aromatic heterocycles. The Hall–Kier alpha value is -3.63. The Labute approximate surface area is 234 Å². The van der Waals surface area contributed by atoms with Crippen molar-refractivity contribution in [2.45, 2.75) is 57.6 Å². The number of amides is 1. The highest BCUT2D eigenvalue weighted by molar-refractivity contribution is 6.24. The average Bonchev–Trinajstić information content (AvgIpc) is 2.86. The second-order valence-corrected chi connectivity index (χ2v) is 11.6. The van der Waals surface area contributed by atoms with Gasteiger partial charge in [0, 0.05) is 31.3 Å². The van der Waals surface area contributed by atoms with Crippen LogP contribution in [0.4, 0.5) is 5.69 Å². The summed E-state index contributed by atoms with van der Waals surface area (Å²) in [6.07, 6.45) is 4.50. The number of hydrogen-bond donors (Lipinski definition) is 5. The van der Waals surface area contributed by atoms with E-state index in [1.54, 1.807) is 14.1 Å². The number of likely N-dealkylation sites (N-methyl/N-ethyl adjacent to an activating group) is 1. The number of anilines is 1. The number of carbonyl (C=O) groups is 3. The van der Waals surface area contributed by atoms with Crippen LogP contribution in [0, 0.1) is 11.8 Å². The number of Topliss-reactive ketones (excluding diaryl/α,β-unsaturated/α-hetero) is 2. The Balaban J connectivity index is 1.91. The molecule has 1 aromatic rings. The summed E-state index contributed by atoms with van der Waals surface area (Å²) in [5.41, 5.74) is 5.18. The number of rotatable bonds is 7. The molecule has 1 fully saturated rings. The lowest BCUT2D eigenvalue weighted by molar-refractivity contribution is -0.153. The van der Waals surface area contributed by atoms with Crippen LogP contribution in [0.5, 0.6) is 5.75 Å². The molecule has 0 heterocycles. The average molecular weight is 554 g/mol. The third kappa shape index (κ3) is 4.30. The normalized spacial score (nSPS) is 26.6. The maximum absolute atomic E-state index is 14.0. The van der Waals surface area contributed by atoms with E-state index in [0.29, 0.717) is 17.5 Å². The van der Waals surface area contributed by atoms with E-state index in [9.17, 15) is 34.8 Å². The van der Waals surface area contributed by atoms with Gasteiger partial charge in [-0.2, -0.15) is 0 Å². The Kier molecular flexibility index (Phi) is 7.64. The number of hydrogen-bond acceptors (Lipinski definition) is 9. The highest BCUT2D eigenvalue weighted by Crippen LogP contribution is 2.54. The van der Waals surface area contributed by atoms with Crippen LogP contribution in [0.15, 0.2) is 34.6 Å². The summed E-state index contributed by atoms with van der Waals surface area (Å²) >= 11 is 0. The van der Waals surface area contributed by atoms with Crippen LogP contribution in [0.1, 0.15) is 49.8 Å². The molecule has 40 heavy (non-hydrogen) atoms. The van der Waals surface area contributed by atoms with Crippen molar-refractivity contribution in [2.75, 3.05) is 33.1 Å². The fraction of sp³-hybridized carbons (Fsp3) is 0.500. The first-order valence-corrected chi connectivity index (χ1v) is 13.5. The van der Waals surface area contributed by atoms with Gasteiger partial charge in [0.25, 0.3) is 5.91 Å². The van der Waals surface area contributed by atoms with Crippen LogP contribution >= 0.6 is 0 Å². The number of aliphatic hydroxyl groups excluding tert-OH is 2. The predicted octanol–water partition coefficient (Wildman–Crippen LogP) is 2.32. The predicted molar refractivity (Wildman–Crippen MR) is 151 cm³/mol. The number of allylic oxidation sites excluding steroid dienone is 2. The summed E-state index contributed by atoms with van der Waals surface area (Å²) in [6, 6.07) is 0.793. The number of fused-ring (bicyclic) bond motifs is 3. The van der Waals surface area contributed by atoms with Crippen molar-refractivity contribution < 1.29 is 34.8 Å². The molecule has 4 atom stereocenters. The molecule has 1 aromatic carbocycles. The minimum Gasteiger partial charge on any atom is -0.508 e. The zero-order valence-corrected chi connectivity index (χ0v) is 23.9. The molecule has 216 valence electrons. The number of phenolic OH excluding ortho intramolecular Hbond substituents is 1. The largest absolute Gasteiger partial charge is 0.508 e. The highest BCUT2D eigenvalue weighted by Gasteiger charge is 2.64. The molecule has 0 bridgehead atoms. The zero-order valence-electron chi connectivity index (χ0n) is 23.9. The van der Waals surface area contributed by atoms with Crippen LogP contribution < -0.4 is 10.6 Å². The summed E-state index contributed by atoms with van der Waals surface area (Å²) in [7, 11) is 6.87. The quantitative estimate of drug-likeness (QED) is 0.252. The molecule has 0 saturated heterocycles. The second kappa shape index (κ2) is 10.4. The van der Waals surface area contributed by atoms with Gasteiger partial charge in [-0.05, 0) is 83.2 Å². The van der Waals surface area contributed by atoms with Gasteiger partial charge in [0.05, 0.1) is 11.6 Å². The van der Waals surface area contributed by atoms with E-state index in [4.69, 9.17) is 5.73 Å². The lowest BCUT2D eigenvalue weighted by Crippen LogP contribution is -2.65. The van der Waals surface area contributed by atoms with Gasteiger partial charge in [-0.15, -0.1) is 0 Å². The van der Waals surface area contributed by atoms with Crippen molar-refractivity contribution in [2.24, 2.45) is 17.6 Å². The maximum Gasteiger partial charge on any atom is 0.255 e.